The molecule has 0 unspecified atom stereocenters. The Morgan fingerprint density at radius 3 is 2.48 bits per heavy atom. The van der Waals surface area contributed by atoms with Gasteiger partial charge in [-0.15, -0.1) is 23.5 Å². The Morgan fingerprint density at radius 2 is 2.00 bits per heavy atom. The number of fused-ring (bicyclic) bond motifs is 1. The maximum Gasteiger partial charge on any atom is 0.353 e. The molecule has 5 nitrogen and oxygen atoms in total. The van der Waals surface area contributed by atoms with Crippen LogP contribution in [0.4, 0.5) is 0 Å². The number of carbonyl (C=O) groups is 2. The molecule has 0 aliphatic carbocycles. The number of carbonyl (C=O) groups excluding carboxylic acids is 1. The van der Waals surface area contributed by atoms with Crippen LogP contribution < -0.4 is 0 Å². The normalized spacial score (nSPS) is 29.7. The first-order valence-corrected chi connectivity index (χ1v) is 9.03. The van der Waals surface area contributed by atoms with Crippen LogP contribution in [-0.2, 0) is 9.59 Å². The number of β-lactam (4-membered cyclic amide) rings is 1. The van der Waals surface area contributed by atoms with Crippen molar-refractivity contribution in [2.75, 3.05) is 5.08 Å². The average molecular weight is 331 g/mol. The lowest BCUT2D eigenvalue weighted by Gasteiger charge is -2.46. The fourth-order valence-corrected chi connectivity index (χ4v) is 5.54. The van der Waals surface area contributed by atoms with E-state index in [-0.39, 0.29) is 23.6 Å². The van der Waals surface area contributed by atoms with Crippen LogP contribution in [0.25, 0.3) is 0 Å². The molecule has 21 heavy (non-hydrogen) atoms. The van der Waals surface area contributed by atoms with Gasteiger partial charge in [0.05, 0.1) is 18.1 Å². The van der Waals surface area contributed by atoms with Crippen molar-refractivity contribution in [3.63, 3.8) is 0 Å². The number of amides is 1. The molecule has 1 saturated heterocycles. The van der Waals surface area contributed by atoms with Gasteiger partial charge < -0.3 is 15.1 Å². The summed E-state index contributed by atoms with van der Waals surface area (Å²) in [6, 6.07) is -0.213. The highest BCUT2D eigenvalue weighted by atomic mass is 32.2. The van der Waals surface area contributed by atoms with Crippen LogP contribution in [0, 0.1) is 11.8 Å². The molecule has 2 rings (SSSR count). The van der Waals surface area contributed by atoms with Crippen molar-refractivity contribution < 1.29 is 19.8 Å². The molecule has 2 heterocycles. The molecule has 0 aromatic heterocycles. The second kappa shape index (κ2) is 6.22. The fraction of sp³-hybridized carbons (Fsp3) is 0.714. The van der Waals surface area contributed by atoms with E-state index in [1.807, 2.05) is 6.92 Å². The summed E-state index contributed by atoms with van der Waals surface area (Å²) >= 11 is 3.25. The highest BCUT2D eigenvalue weighted by Gasteiger charge is 2.59. The largest absolute Gasteiger partial charge is 0.477 e. The van der Waals surface area contributed by atoms with Gasteiger partial charge in [0.15, 0.2) is 0 Å². The first-order chi connectivity index (χ1) is 9.77. The lowest BCUT2D eigenvalue weighted by Crippen LogP contribution is -2.63. The zero-order valence-electron chi connectivity index (χ0n) is 12.6. The van der Waals surface area contributed by atoms with Gasteiger partial charge >= 0.3 is 5.97 Å². The van der Waals surface area contributed by atoms with Crippen molar-refractivity contribution in [3.8, 4) is 0 Å². The van der Waals surface area contributed by atoms with Crippen molar-refractivity contribution in [2.45, 2.75) is 45.1 Å². The van der Waals surface area contributed by atoms with Crippen molar-refractivity contribution in [1.29, 1.82) is 0 Å². The van der Waals surface area contributed by atoms with Crippen LogP contribution >= 0.6 is 23.5 Å². The second-order valence-corrected chi connectivity index (χ2v) is 8.70. The highest BCUT2D eigenvalue weighted by Crippen LogP contribution is 2.50. The highest BCUT2D eigenvalue weighted by molar-refractivity contribution is 8.18. The van der Waals surface area contributed by atoms with Crippen LogP contribution in [0.5, 0.6) is 0 Å². The Bertz CT molecular complexity index is 489. The van der Waals surface area contributed by atoms with Gasteiger partial charge in [0.1, 0.15) is 5.70 Å². The van der Waals surface area contributed by atoms with E-state index in [0.29, 0.717) is 5.25 Å². The zero-order valence-corrected chi connectivity index (χ0v) is 14.2. The van der Waals surface area contributed by atoms with Gasteiger partial charge in [0.25, 0.3) is 0 Å². The topological polar surface area (TPSA) is 77.8 Å². The van der Waals surface area contributed by atoms with Crippen molar-refractivity contribution in [2.24, 2.45) is 11.8 Å². The van der Waals surface area contributed by atoms with E-state index in [1.165, 1.54) is 16.7 Å². The van der Waals surface area contributed by atoms with E-state index in [0.717, 1.165) is 9.99 Å². The van der Waals surface area contributed by atoms with E-state index in [9.17, 15) is 19.8 Å². The van der Waals surface area contributed by atoms with Crippen molar-refractivity contribution in [3.05, 3.63) is 10.6 Å². The summed E-state index contributed by atoms with van der Waals surface area (Å²) < 4.78 is 0. The lowest BCUT2D eigenvalue weighted by molar-refractivity contribution is -0.163. The molecule has 7 heteroatoms. The number of carboxylic acids is 1. The van der Waals surface area contributed by atoms with Crippen LogP contribution in [0.1, 0.15) is 27.7 Å². The summed E-state index contributed by atoms with van der Waals surface area (Å²) in [6.07, 6.45) is -0.745. The molecule has 2 aliphatic rings. The lowest BCUT2D eigenvalue weighted by atomic mass is 9.79. The maximum atomic E-state index is 12.1. The predicted octanol–water partition coefficient (Wildman–Crippen LogP) is 1.97. The third-order valence-electron chi connectivity index (χ3n) is 3.93. The monoisotopic (exact) mass is 331 g/mol. The third kappa shape index (κ3) is 2.83. The smallest absolute Gasteiger partial charge is 0.353 e. The number of nitrogens with zero attached hydrogens (tertiary/aromatic N) is 1. The van der Waals surface area contributed by atoms with Crippen LogP contribution in [0.15, 0.2) is 10.6 Å². The van der Waals surface area contributed by atoms with Gasteiger partial charge in [-0.2, -0.15) is 0 Å². The summed E-state index contributed by atoms with van der Waals surface area (Å²) in [5, 5.41) is 20.4. The molecule has 4 atom stereocenters. The van der Waals surface area contributed by atoms with Crippen molar-refractivity contribution >= 4 is 35.4 Å². The molecule has 0 aromatic rings. The maximum absolute atomic E-state index is 12.1. The number of rotatable bonds is 6. The molecule has 2 aliphatic heterocycles. The molecule has 2 N–H and O–H groups in total. The number of thioether (sulfide) groups is 2. The minimum absolute atomic E-state index is 0.0360. The van der Waals surface area contributed by atoms with E-state index in [1.54, 1.807) is 18.7 Å². The molecule has 0 aromatic carbocycles. The molecule has 1 fully saturated rings. The van der Waals surface area contributed by atoms with Gasteiger partial charge in [-0.1, -0.05) is 20.8 Å². The van der Waals surface area contributed by atoms with Crippen LogP contribution in [0.3, 0.4) is 0 Å². The second-order valence-electron chi connectivity index (χ2n) is 5.75. The van der Waals surface area contributed by atoms with Gasteiger partial charge in [-0.3, -0.25) is 4.79 Å². The zero-order chi connectivity index (χ0) is 15.9. The van der Waals surface area contributed by atoms with Gasteiger partial charge in [0.2, 0.25) is 5.91 Å². The Kier molecular flexibility index (Phi) is 4.95. The quantitative estimate of drug-likeness (QED) is 0.572. The number of aliphatic hydroxyl groups excluding tert-OH is 1. The number of hydrogen-bond donors (Lipinski definition) is 2. The van der Waals surface area contributed by atoms with Gasteiger partial charge in [0, 0.05) is 15.9 Å². The summed E-state index contributed by atoms with van der Waals surface area (Å²) in [4.78, 5) is 25.8. The molecular formula is C14H21NO4S2. The number of aliphatic hydroxyl groups is 1. The Hall–Kier alpha value is -0.660. The standard InChI is InChI=1S/C14H21NO4S2/c1-6(2)20-5-21-12-7(3)10-9(8(4)16)13(17)15(10)11(12)14(18)19/h6-10,16H,5H2,1-4H3,(H,18,19)/t7-,8-,9-,10-/m1/s1. The van der Waals surface area contributed by atoms with E-state index in [2.05, 4.69) is 13.8 Å². The van der Waals surface area contributed by atoms with Crippen molar-refractivity contribution in [1.82, 2.24) is 4.90 Å². The number of carboxylic acid groups (broad SMARTS) is 1. The number of hydrogen-bond acceptors (Lipinski definition) is 5. The molecule has 0 saturated carbocycles. The molecule has 0 bridgehead atoms. The first-order valence-electron chi connectivity index (χ1n) is 7.00. The average Bonchev–Trinajstić information content (AvgIpc) is 2.59. The SMILES string of the molecule is CC(C)SCSC1=C(C(=O)O)N2C(=O)[C@H]([C@@H](C)O)[C@H]2[C@H]1C. The van der Waals surface area contributed by atoms with E-state index < -0.39 is 18.0 Å². The molecular weight excluding hydrogens is 310 g/mol. The van der Waals surface area contributed by atoms with E-state index in [4.69, 9.17) is 0 Å². The summed E-state index contributed by atoms with van der Waals surface area (Å²) in [5.41, 5.74) is 0.115. The molecule has 0 radical (unpaired) electrons. The fourth-order valence-electron chi connectivity index (χ4n) is 2.95. The summed E-state index contributed by atoms with van der Waals surface area (Å²) in [7, 11) is 0. The molecule has 1 amide bonds. The number of aliphatic carboxylic acids is 1. The van der Waals surface area contributed by atoms with Crippen LogP contribution in [0.2, 0.25) is 0 Å². The predicted molar refractivity (Wildman–Crippen MR) is 84.8 cm³/mol. The summed E-state index contributed by atoms with van der Waals surface area (Å²) in [6.45, 7) is 7.72. The minimum atomic E-state index is -1.06. The third-order valence-corrected chi connectivity index (χ3v) is 6.49. The minimum Gasteiger partial charge on any atom is -0.477 e. The van der Waals surface area contributed by atoms with Gasteiger partial charge in [-0.05, 0) is 12.2 Å². The Balaban J connectivity index is 2.21. The summed E-state index contributed by atoms with van der Waals surface area (Å²) in [5.74, 6) is -1.85. The van der Waals surface area contributed by atoms with E-state index >= 15 is 0 Å². The van der Waals surface area contributed by atoms with Gasteiger partial charge in [-0.25, -0.2) is 4.79 Å². The van der Waals surface area contributed by atoms with Crippen LogP contribution in [-0.4, -0.2) is 49.5 Å². The molecule has 0 spiro atoms. The Labute approximate surface area is 133 Å². The molecule has 118 valence electrons. The first kappa shape index (κ1) is 16.7. The Morgan fingerprint density at radius 1 is 1.38 bits per heavy atom.